The number of aliphatic hydroxyl groups is 2. The first-order valence-corrected chi connectivity index (χ1v) is 10.5. The summed E-state index contributed by atoms with van der Waals surface area (Å²) in [5, 5.41) is 28.9. The fraction of sp³-hybridized carbons (Fsp3) is 0.346. The molecule has 0 fully saturated rings. The van der Waals surface area contributed by atoms with Gasteiger partial charge in [-0.25, -0.2) is 8.78 Å². The number of carbonyl (C=O) groups is 1. The number of allylic oxidation sites excluding steroid dienone is 2. The summed E-state index contributed by atoms with van der Waals surface area (Å²) in [6, 6.07) is 9.00. The van der Waals surface area contributed by atoms with Gasteiger partial charge in [0.15, 0.2) is 0 Å². The van der Waals surface area contributed by atoms with E-state index in [1.807, 2.05) is 13.8 Å². The topological polar surface area (TPSA) is 77.8 Å². The zero-order chi connectivity index (χ0) is 24.0. The molecule has 0 amide bonds. The van der Waals surface area contributed by atoms with E-state index in [-0.39, 0.29) is 24.0 Å². The van der Waals surface area contributed by atoms with Crippen LogP contribution in [-0.4, -0.2) is 33.5 Å². The molecule has 2 aromatic carbocycles. The van der Waals surface area contributed by atoms with Crippen molar-refractivity contribution >= 4 is 11.5 Å². The van der Waals surface area contributed by atoms with Gasteiger partial charge in [-0.1, -0.05) is 38.1 Å². The fourth-order valence-electron chi connectivity index (χ4n) is 3.69. The maximum Gasteiger partial charge on any atom is 0.305 e. The van der Waals surface area contributed by atoms with Crippen molar-refractivity contribution in [1.29, 1.82) is 0 Å². The number of rotatable bonds is 9. The van der Waals surface area contributed by atoms with E-state index in [1.165, 1.54) is 30.3 Å². The highest BCUT2D eigenvalue weighted by Crippen LogP contribution is 2.35. The molecule has 6 heteroatoms. The van der Waals surface area contributed by atoms with Crippen LogP contribution in [0.3, 0.4) is 0 Å². The molecule has 2 atom stereocenters. The Bertz CT molecular complexity index is 971. The average Bonchev–Trinajstić information content (AvgIpc) is 2.65. The molecule has 2 aromatic rings. The van der Waals surface area contributed by atoms with Gasteiger partial charge in [-0.05, 0) is 77.4 Å². The van der Waals surface area contributed by atoms with Crippen LogP contribution in [0.1, 0.15) is 48.9 Å². The molecule has 0 radical (unpaired) electrons. The third kappa shape index (κ3) is 6.84. The third-order valence-corrected chi connectivity index (χ3v) is 5.25. The molecule has 0 aliphatic heterocycles. The second-order valence-corrected chi connectivity index (χ2v) is 8.32. The molecule has 0 saturated heterocycles. The summed E-state index contributed by atoms with van der Waals surface area (Å²) in [5.74, 6) is -1.86. The van der Waals surface area contributed by atoms with Gasteiger partial charge >= 0.3 is 5.97 Å². The highest BCUT2D eigenvalue weighted by atomic mass is 19.1. The number of hydrogen-bond acceptors (Lipinski definition) is 3. The van der Waals surface area contributed by atoms with Crippen LogP contribution in [0.5, 0.6) is 0 Å². The lowest BCUT2D eigenvalue weighted by atomic mass is 9.84. The zero-order valence-electron chi connectivity index (χ0n) is 18.8. The van der Waals surface area contributed by atoms with Crippen molar-refractivity contribution < 1.29 is 28.9 Å². The minimum atomic E-state index is -1.17. The maximum atomic E-state index is 13.8. The van der Waals surface area contributed by atoms with Crippen LogP contribution >= 0.6 is 0 Å². The van der Waals surface area contributed by atoms with Gasteiger partial charge in [0.25, 0.3) is 0 Å². The predicted octanol–water partition coefficient (Wildman–Crippen LogP) is 5.18. The van der Waals surface area contributed by atoms with Crippen molar-refractivity contribution in [3.63, 3.8) is 0 Å². The minimum absolute atomic E-state index is 0.00806. The molecule has 32 heavy (non-hydrogen) atoms. The summed E-state index contributed by atoms with van der Waals surface area (Å²) in [7, 11) is 0. The lowest BCUT2D eigenvalue weighted by Crippen LogP contribution is -2.19. The first kappa shape index (κ1) is 25.4. The summed E-state index contributed by atoms with van der Waals surface area (Å²) in [6.07, 6.45) is 0.461. The summed E-state index contributed by atoms with van der Waals surface area (Å²) in [4.78, 5) is 10.7. The van der Waals surface area contributed by atoms with Crippen molar-refractivity contribution in [3.8, 4) is 0 Å². The molecular weight excluding hydrogens is 414 g/mol. The first-order valence-electron chi connectivity index (χ1n) is 10.5. The van der Waals surface area contributed by atoms with Gasteiger partial charge in [0.1, 0.15) is 11.6 Å². The van der Waals surface area contributed by atoms with E-state index in [0.29, 0.717) is 11.1 Å². The van der Waals surface area contributed by atoms with Crippen molar-refractivity contribution in [2.75, 3.05) is 0 Å². The van der Waals surface area contributed by atoms with E-state index in [4.69, 9.17) is 5.11 Å². The molecule has 3 N–H and O–H groups in total. The number of hydrogen-bond donors (Lipinski definition) is 3. The largest absolute Gasteiger partial charge is 0.481 e. The van der Waals surface area contributed by atoms with Crippen molar-refractivity contribution in [2.24, 2.45) is 5.92 Å². The molecule has 0 aliphatic rings. The minimum Gasteiger partial charge on any atom is -0.481 e. The Kier molecular flexibility index (Phi) is 8.87. The quantitative estimate of drug-likeness (QED) is 0.466. The summed E-state index contributed by atoms with van der Waals surface area (Å²) >= 11 is 0. The normalized spacial score (nSPS) is 13.4. The van der Waals surface area contributed by atoms with Crippen LogP contribution in [0, 0.1) is 31.4 Å². The van der Waals surface area contributed by atoms with Gasteiger partial charge in [-0.15, -0.1) is 0 Å². The van der Waals surface area contributed by atoms with Crippen LogP contribution in [-0.2, 0) is 4.79 Å². The lowest BCUT2D eigenvalue weighted by Gasteiger charge is -2.21. The first-order chi connectivity index (χ1) is 15.0. The fourth-order valence-corrected chi connectivity index (χ4v) is 3.69. The molecule has 2 rings (SSSR count). The molecule has 0 bridgehead atoms. The number of benzene rings is 2. The molecule has 0 heterocycles. The van der Waals surface area contributed by atoms with E-state index in [2.05, 4.69) is 0 Å². The summed E-state index contributed by atoms with van der Waals surface area (Å²) in [5.41, 5.74) is 4.64. The van der Waals surface area contributed by atoms with Crippen molar-refractivity contribution in [3.05, 3.63) is 88.0 Å². The SMILES string of the molecule is Cc1cc(F)ccc1C(=C(C=C[C@@H](O)CC(O)CC(=O)O)C(C)C)c1ccc(F)cc1C. The number of halogens is 2. The second kappa shape index (κ2) is 11.2. The van der Waals surface area contributed by atoms with Gasteiger partial charge in [-0.3, -0.25) is 4.79 Å². The van der Waals surface area contributed by atoms with Crippen molar-refractivity contribution in [2.45, 2.75) is 52.7 Å². The Morgan fingerprint density at radius 1 is 0.969 bits per heavy atom. The molecule has 0 spiro atoms. The number of aliphatic hydroxyl groups excluding tert-OH is 2. The Morgan fingerprint density at radius 3 is 1.88 bits per heavy atom. The van der Waals surface area contributed by atoms with Gasteiger partial charge in [0, 0.05) is 6.42 Å². The zero-order valence-corrected chi connectivity index (χ0v) is 18.8. The van der Waals surface area contributed by atoms with E-state index in [0.717, 1.165) is 22.3 Å². The molecule has 0 aliphatic carbocycles. The average molecular weight is 445 g/mol. The van der Waals surface area contributed by atoms with Gasteiger partial charge < -0.3 is 15.3 Å². The monoisotopic (exact) mass is 444 g/mol. The van der Waals surface area contributed by atoms with Gasteiger partial charge in [0.2, 0.25) is 0 Å². The van der Waals surface area contributed by atoms with Crippen LogP contribution in [0.25, 0.3) is 5.57 Å². The molecular formula is C26H30F2O4. The molecule has 0 aromatic heterocycles. The van der Waals surface area contributed by atoms with E-state index in [9.17, 15) is 23.8 Å². The van der Waals surface area contributed by atoms with Crippen LogP contribution < -0.4 is 0 Å². The molecule has 0 saturated carbocycles. The van der Waals surface area contributed by atoms with Gasteiger partial charge in [-0.2, -0.15) is 0 Å². The van der Waals surface area contributed by atoms with Gasteiger partial charge in [0.05, 0.1) is 18.6 Å². The highest BCUT2D eigenvalue weighted by Gasteiger charge is 2.19. The van der Waals surface area contributed by atoms with E-state index >= 15 is 0 Å². The molecule has 1 unspecified atom stereocenters. The van der Waals surface area contributed by atoms with Crippen LogP contribution in [0.15, 0.2) is 54.1 Å². The van der Waals surface area contributed by atoms with Crippen LogP contribution in [0.4, 0.5) is 8.78 Å². The molecule has 4 nitrogen and oxygen atoms in total. The van der Waals surface area contributed by atoms with E-state index < -0.39 is 24.6 Å². The Morgan fingerprint density at radius 2 is 1.47 bits per heavy atom. The molecule has 172 valence electrons. The number of carboxylic acids is 1. The maximum absolute atomic E-state index is 13.8. The predicted molar refractivity (Wildman–Crippen MR) is 121 cm³/mol. The van der Waals surface area contributed by atoms with Crippen molar-refractivity contribution in [1.82, 2.24) is 0 Å². The third-order valence-electron chi connectivity index (χ3n) is 5.25. The summed E-state index contributed by atoms with van der Waals surface area (Å²) in [6.45, 7) is 7.55. The summed E-state index contributed by atoms with van der Waals surface area (Å²) < 4.78 is 27.6. The highest BCUT2D eigenvalue weighted by molar-refractivity contribution is 5.86. The van der Waals surface area contributed by atoms with E-state index in [1.54, 1.807) is 32.1 Å². The second-order valence-electron chi connectivity index (χ2n) is 8.32. The Balaban J connectivity index is 2.62. The lowest BCUT2D eigenvalue weighted by molar-refractivity contribution is -0.139. The number of carboxylic acid groups (broad SMARTS) is 1. The Hall–Kier alpha value is -2.83. The smallest absolute Gasteiger partial charge is 0.305 e. The standard InChI is InChI=1S/C26H30F2O4/c1-15(2)22(10-7-20(29)13-21(30)14-25(31)32)26(23-8-5-18(27)11-16(23)3)24-9-6-19(28)12-17(24)4/h5-12,15,20-21,29-30H,13-14H2,1-4H3,(H,31,32)/t20-,21?/m1/s1. The number of aliphatic carboxylic acids is 1. The number of aryl methyl sites for hydroxylation is 2. The van der Waals surface area contributed by atoms with Crippen LogP contribution in [0.2, 0.25) is 0 Å². The Labute approximate surface area is 187 Å².